The molecule has 0 aromatic heterocycles. The fourth-order valence-electron chi connectivity index (χ4n) is 1.30. The van der Waals surface area contributed by atoms with Crippen LogP contribution in [0.4, 0.5) is 0 Å². The third-order valence-electron chi connectivity index (χ3n) is 1.65. The van der Waals surface area contributed by atoms with Gasteiger partial charge in [-0.2, -0.15) is 0 Å². The Morgan fingerprint density at radius 3 is 2.09 bits per heavy atom. The van der Waals surface area contributed by atoms with E-state index in [0.29, 0.717) is 12.2 Å². The second kappa shape index (κ2) is 4.28. The maximum absolute atomic E-state index is 5.57. The van der Waals surface area contributed by atoms with E-state index in [0.717, 1.165) is 13.1 Å². The lowest BCUT2D eigenvalue weighted by molar-refractivity contribution is -0.0412. The molecule has 0 aliphatic carbocycles. The van der Waals surface area contributed by atoms with Gasteiger partial charge in [0.2, 0.25) is 0 Å². The van der Waals surface area contributed by atoms with Gasteiger partial charge in [-0.3, -0.25) is 0 Å². The molecule has 2 nitrogen and oxygen atoms in total. The van der Waals surface area contributed by atoms with E-state index in [2.05, 4.69) is 41.5 Å². The van der Waals surface area contributed by atoms with E-state index >= 15 is 0 Å². The first-order valence-corrected chi connectivity index (χ1v) is 7.28. The molecule has 11 heavy (non-hydrogen) atoms. The van der Waals surface area contributed by atoms with Gasteiger partial charge < -0.3 is 4.74 Å². The molecule has 1 saturated heterocycles. The third kappa shape index (κ3) is 3.06. The summed E-state index contributed by atoms with van der Waals surface area (Å²) in [5.74, 6) is 0. The summed E-state index contributed by atoms with van der Waals surface area (Å²) in [5, 5.41) is 0. The second-order valence-electron chi connectivity index (χ2n) is 2.90. The average Bonchev–Trinajstić information content (AvgIpc) is 1.85. The molecule has 1 heterocycles. The molecule has 0 spiro atoms. The highest BCUT2D eigenvalue weighted by atomic mass is 33.5. The fourth-order valence-corrected chi connectivity index (χ4v) is 2.93. The number of hydrogen-bond donors (Lipinski definition) is 3. The Bertz CT molecular complexity index is 123. The molecule has 1 fully saturated rings. The lowest BCUT2D eigenvalue weighted by Crippen LogP contribution is -2.42. The van der Waals surface area contributed by atoms with Gasteiger partial charge in [0.05, 0.1) is 12.2 Å². The van der Waals surface area contributed by atoms with Crippen LogP contribution in [0.15, 0.2) is 0 Å². The Labute approximate surface area is 80.8 Å². The molecule has 2 unspecified atom stereocenters. The van der Waals surface area contributed by atoms with Crippen molar-refractivity contribution in [2.24, 2.45) is 0 Å². The first-order valence-electron chi connectivity index (χ1n) is 3.68. The van der Waals surface area contributed by atoms with Crippen LogP contribution >= 0.6 is 32.5 Å². The van der Waals surface area contributed by atoms with Crippen molar-refractivity contribution >= 4 is 32.5 Å². The summed E-state index contributed by atoms with van der Waals surface area (Å²) in [7, 11) is -0.530. The summed E-state index contributed by atoms with van der Waals surface area (Å²) in [6.07, 6.45) is 0.645. The first kappa shape index (κ1) is 10.1. The van der Waals surface area contributed by atoms with E-state index in [1.54, 1.807) is 0 Å². The van der Waals surface area contributed by atoms with Crippen molar-refractivity contribution in [1.29, 1.82) is 0 Å². The molecule has 0 N–H and O–H groups in total. The van der Waals surface area contributed by atoms with Crippen molar-refractivity contribution in [2.75, 3.05) is 13.1 Å². The smallest absolute Gasteiger partial charge is 0.0687 e. The van der Waals surface area contributed by atoms with Crippen molar-refractivity contribution in [3.8, 4) is 0 Å². The molecule has 0 amide bonds. The Balaban J connectivity index is 2.43. The monoisotopic (exact) mass is 213 g/mol. The molecule has 0 bridgehead atoms. The van der Waals surface area contributed by atoms with Crippen LogP contribution < -0.4 is 0 Å². The SMILES string of the molecule is CC1CN([SH](S)S)CC(C)O1. The predicted molar refractivity (Wildman–Crippen MR) is 58.5 cm³/mol. The minimum atomic E-state index is -0.530. The van der Waals surface area contributed by atoms with Gasteiger partial charge in [0, 0.05) is 13.1 Å². The van der Waals surface area contributed by atoms with Crippen LogP contribution in [-0.2, 0) is 4.74 Å². The molecule has 0 aromatic carbocycles. The zero-order valence-corrected chi connectivity index (χ0v) is 9.45. The second-order valence-corrected chi connectivity index (χ2v) is 7.22. The number of rotatable bonds is 1. The molecule has 2 atom stereocenters. The molecular weight excluding hydrogens is 198 g/mol. The van der Waals surface area contributed by atoms with Gasteiger partial charge in [-0.15, -0.1) is 32.5 Å². The minimum absolute atomic E-state index is 0.322. The quantitative estimate of drug-likeness (QED) is 0.453. The van der Waals surface area contributed by atoms with E-state index in [-0.39, 0.29) is 0 Å². The molecule has 0 saturated carbocycles. The molecule has 1 rings (SSSR count). The summed E-state index contributed by atoms with van der Waals surface area (Å²) < 4.78 is 7.83. The Hall–Kier alpha value is 0.970. The van der Waals surface area contributed by atoms with Crippen molar-refractivity contribution in [2.45, 2.75) is 26.1 Å². The van der Waals surface area contributed by atoms with Crippen molar-refractivity contribution in [3.05, 3.63) is 0 Å². The highest BCUT2D eigenvalue weighted by molar-refractivity contribution is 9.08. The topological polar surface area (TPSA) is 12.5 Å². The van der Waals surface area contributed by atoms with Crippen LogP contribution in [-0.4, -0.2) is 29.6 Å². The van der Waals surface area contributed by atoms with Crippen molar-refractivity contribution < 1.29 is 4.74 Å². The number of nitrogens with zero attached hydrogens (tertiary/aromatic N) is 1. The molecule has 1 aliphatic rings. The summed E-state index contributed by atoms with van der Waals surface area (Å²) in [6, 6.07) is 0. The first-order chi connectivity index (χ1) is 5.09. The normalized spacial score (nSPS) is 35.5. The lowest BCUT2D eigenvalue weighted by atomic mass is 10.3. The highest BCUT2D eigenvalue weighted by Crippen LogP contribution is 2.40. The van der Waals surface area contributed by atoms with Gasteiger partial charge in [0.15, 0.2) is 0 Å². The van der Waals surface area contributed by atoms with Crippen molar-refractivity contribution in [3.63, 3.8) is 0 Å². The van der Waals surface area contributed by atoms with E-state index in [9.17, 15) is 0 Å². The van der Waals surface area contributed by atoms with Gasteiger partial charge in [-0.05, 0) is 13.8 Å². The number of ether oxygens (including phenoxy) is 1. The van der Waals surface area contributed by atoms with Crippen LogP contribution in [0.25, 0.3) is 0 Å². The summed E-state index contributed by atoms with van der Waals surface area (Å²) >= 11 is 8.64. The fraction of sp³-hybridized carbons (Fsp3) is 1.00. The van der Waals surface area contributed by atoms with Crippen LogP contribution in [0.3, 0.4) is 0 Å². The zero-order valence-electron chi connectivity index (χ0n) is 6.77. The maximum atomic E-state index is 5.57. The summed E-state index contributed by atoms with van der Waals surface area (Å²) in [4.78, 5) is 0. The van der Waals surface area contributed by atoms with E-state index in [4.69, 9.17) is 4.74 Å². The largest absolute Gasteiger partial charge is 0.373 e. The van der Waals surface area contributed by atoms with Gasteiger partial charge in [0.1, 0.15) is 0 Å². The number of hydrogen-bond acceptors (Lipinski definition) is 4. The summed E-state index contributed by atoms with van der Waals surface area (Å²) in [6.45, 7) is 6.10. The predicted octanol–water partition coefficient (Wildman–Crippen LogP) is 1.70. The molecular formula is C6H15NOS3. The lowest BCUT2D eigenvalue weighted by Gasteiger charge is -2.37. The van der Waals surface area contributed by atoms with Crippen LogP contribution in [0.5, 0.6) is 0 Å². The Morgan fingerprint density at radius 2 is 1.73 bits per heavy atom. The van der Waals surface area contributed by atoms with Crippen molar-refractivity contribution in [1.82, 2.24) is 4.31 Å². The number of morpholine rings is 1. The van der Waals surface area contributed by atoms with Gasteiger partial charge in [-0.1, -0.05) is 0 Å². The zero-order chi connectivity index (χ0) is 8.43. The van der Waals surface area contributed by atoms with Crippen LogP contribution in [0.2, 0.25) is 0 Å². The van der Waals surface area contributed by atoms with Gasteiger partial charge >= 0.3 is 0 Å². The Kier molecular flexibility index (Phi) is 3.91. The molecule has 1 aliphatic heterocycles. The number of thiol groups is 3. The van der Waals surface area contributed by atoms with E-state index in [1.165, 1.54) is 0 Å². The van der Waals surface area contributed by atoms with E-state index < -0.39 is 9.15 Å². The highest BCUT2D eigenvalue weighted by Gasteiger charge is 2.23. The maximum Gasteiger partial charge on any atom is 0.0687 e. The van der Waals surface area contributed by atoms with Gasteiger partial charge in [-0.25, -0.2) is 4.31 Å². The minimum Gasteiger partial charge on any atom is -0.373 e. The van der Waals surface area contributed by atoms with Gasteiger partial charge in [0.25, 0.3) is 0 Å². The summed E-state index contributed by atoms with van der Waals surface area (Å²) in [5.41, 5.74) is 0. The average molecular weight is 213 g/mol. The van der Waals surface area contributed by atoms with E-state index in [1.807, 2.05) is 0 Å². The standard InChI is InChI=1S/C6H15NOS3/c1-5-3-7(11(9)10)4-6(2)8-5/h5-6,9-11H,3-4H2,1-2H3. The molecule has 5 heteroatoms. The molecule has 0 aromatic rings. The Morgan fingerprint density at radius 1 is 1.27 bits per heavy atom. The molecule has 0 radical (unpaired) electrons. The third-order valence-corrected chi connectivity index (χ3v) is 4.00. The molecule has 68 valence electrons. The van der Waals surface area contributed by atoms with Crippen LogP contribution in [0, 0.1) is 0 Å². The van der Waals surface area contributed by atoms with Crippen LogP contribution in [0.1, 0.15) is 13.8 Å².